The van der Waals surface area contributed by atoms with Gasteiger partial charge in [0.05, 0.1) is 9.49 Å². The molecule has 5 heteroatoms. The van der Waals surface area contributed by atoms with Gasteiger partial charge in [0.15, 0.2) is 0 Å². The highest BCUT2D eigenvalue weighted by molar-refractivity contribution is 9.10. The van der Waals surface area contributed by atoms with Gasteiger partial charge in [-0.1, -0.05) is 220 Å². The van der Waals surface area contributed by atoms with E-state index in [1.807, 2.05) is 0 Å². The molecule has 2 aliphatic carbocycles. The largest absolute Gasteiger partial charge is 0.106 e. The molecule has 298 valence electrons. The van der Waals surface area contributed by atoms with E-state index in [9.17, 15) is 0 Å². The van der Waals surface area contributed by atoms with E-state index in [2.05, 4.69) is 267 Å². The fraction of sp³-hybridized carbons (Fsp3) is 0.0877. The number of rotatable bonds is 6. The Morgan fingerprint density at radius 3 is 1.65 bits per heavy atom. The number of halogens is 2. The van der Waals surface area contributed by atoms with Crippen LogP contribution in [0.15, 0.2) is 227 Å². The summed E-state index contributed by atoms with van der Waals surface area (Å²) in [5.74, 6) is 0.0852. The van der Waals surface area contributed by atoms with Crippen molar-refractivity contribution in [2.75, 3.05) is 6.16 Å². The first-order valence-electron chi connectivity index (χ1n) is 21.2. The van der Waals surface area contributed by atoms with Gasteiger partial charge in [0.1, 0.15) is 0 Å². The van der Waals surface area contributed by atoms with Crippen LogP contribution in [0.4, 0.5) is 0 Å². The van der Waals surface area contributed by atoms with Crippen LogP contribution >= 0.6 is 60.9 Å². The predicted molar refractivity (Wildman–Crippen MR) is 274 cm³/mol. The fourth-order valence-electron chi connectivity index (χ4n) is 10.9. The van der Waals surface area contributed by atoms with Gasteiger partial charge < -0.3 is 0 Å². The van der Waals surface area contributed by atoms with E-state index < -0.39 is 15.8 Å². The maximum Gasteiger partial charge on any atom is 0.0975 e. The van der Waals surface area contributed by atoms with Gasteiger partial charge >= 0.3 is 0 Å². The summed E-state index contributed by atoms with van der Waals surface area (Å²) in [7, 11) is 0. The zero-order valence-corrected chi connectivity index (χ0v) is 39.3. The normalized spacial score (nSPS) is 20.7. The molecule has 12 rings (SSSR count). The van der Waals surface area contributed by atoms with Crippen LogP contribution in [0.1, 0.15) is 56.3 Å². The Bertz CT molecular complexity index is 3000. The standard InChI is InChI=1S/C57H39Br2PS2/c58-41-29-31-45-46-32-30-42(59)34-52(46)57(51(45)33-41)55(39-21-9-3-10-22-39)50-36-60(62-57)61-56(40-23-11-4-12-24-40,54(50)38-19-7-2-8-20-38)35-49(37-17-5-1-6-18-37)53-47-27-15-13-25-43(47)44-26-14-16-28-48(44)53/h1-35,53-54H,36H2/b49-35+/t54-,56?,60?/m1/s1. The lowest BCUT2D eigenvalue weighted by molar-refractivity contribution is 0.643. The predicted octanol–water partition coefficient (Wildman–Crippen LogP) is 17.3. The van der Waals surface area contributed by atoms with Crippen LogP contribution in [0.3, 0.4) is 0 Å². The van der Waals surface area contributed by atoms with Crippen LogP contribution in [-0.2, 0) is 9.49 Å². The molecule has 0 aromatic heterocycles. The Labute approximate surface area is 390 Å². The summed E-state index contributed by atoms with van der Waals surface area (Å²) < 4.78 is 1.34. The highest BCUT2D eigenvalue weighted by Crippen LogP contribution is 2.86. The van der Waals surface area contributed by atoms with Gasteiger partial charge in [0, 0.05) is 33.3 Å². The topological polar surface area (TPSA) is 0 Å². The molecule has 2 bridgehead atoms. The average Bonchev–Trinajstić information content (AvgIpc) is 3.78. The summed E-state index contributed by atoms with van der Waals surface area (Å²) in [5, 5.41) is 0. The van der Waals surface area contributed by atoms with Crippen LogP contribution in [0.5, 0.6) is 0 Å². The van der Waals surface area contributed by atoms with Gasteiger partial charge in [-0.05, 0) is 108 Å². The van der Waals surface area contributed by atoms with Crippen LogP contribution in [-0.4, -0.2) is 6.16 Å². The SMILES string of the molecule is Brc1ccc2c(c1)C1(SP3CC(=C1c1ccccc1)[C@@H](c1ccccc1)C(/C=C(\c1ccccc1)C1c4ccccc4-c4ccccc41)(c1ccccc1)S3)c1cc(Br)ccc1-2. The van der Waals surface area contributed by atoms with Crippen LogP contribution in [0.2, 0.25) is 0 Å². The molecule has 8 aromatic carbocycles. The Balaban J connectivity index is 1.23. The Hall–Kier alpha value is -4.67. The smallest absolute Gasteiger partial charge is 0.0975 e. The second kappa shape index (κ2) is 15.5. The molecule has 0 nitrogen and oxygen atoms in total. The highest BCUT2D eigenvalue weighted by atomic mass is 79.9. The monoisotopic (exact) mass is 976 g/mol. The molecule has 2 unspecified atom stereocenters. The summed E-state index contributed by atoms with van der Waals surface area (Å²) in [5.41, 5.74) is 20.5. The summed E-state index contributed by atoms with van der Waals surface area (Å²) in [4.78, 5) is 0. The molecule has 62 heavy (non-hydrogen) atoms. The number of fused-ring (bicyclic) bond motifs is 10. The first kappa shape index (κ1) is 39.0. The lowest BCUT2D eigenvalue weighted by atomic mass is 9.69. The first-order valence-corrected chi connectivity index (χ1v) is 27.1. The van der Waals surface area contributed by atoms with Crippen molar-refractivity contribution in [1.29, 1.82) is 0 Å². The highest BCUT2D eigenvalue weighted by Gasteiger charge is 2.59. The second-order valence-corrected chi connectivity index (χ2v) is 25.5. The third-order valence-electron chi connectivity index (χ3n) is 13.3. The van der Waals surface area contributed by atoms with Crippen molar-refractivity contribution < 1.29 is 0 Å². The average molecular weight is 979 g/mol. The molecule has 2 aliphatic heterocycles. The van der Waals surface area contributed by atoms with Crippen molar-refractivity contribution in [2.45, 2.75) is 21.3 Å². The maximum atomic E-state index is 3.97. The third kappa shape index (κ3) is 6.05. The molecule has 3 atom stereocenters. The minimum absolute atomic E-state index is 0.0141. The van der Waals surface area contributed by atoms with Gasteiger partial charge in [-0.15, -0.1) is 22.8 Å². The number of benzene rings is 8. The summed E-state index contributed by atoms with van der Waals surface area (Å²) in [6.45, 7) is 0. The second-order valence-electron chi connectivity index (χ2n) is 16.6. The molecule has 0 amide bonds. The molecule has 4 aliphatic rings. The Morgan fingerprint density at radius 1 is 0.532 bits per heavy atom. The van der Waals surface area contributed by atoms with E-state index in [1.165, 1.54) is 77.9 Å². The molecule has 1 saturated heterocycles. The van der Waals surface area contributed by atoms with E-state index in [4.69, 9.17) is 0 Å². The van der Waals surface area contributed by atoms with Gasteiger partial charge in [0.25, 0.3) is 0 Å². The van der Waals surface area contributed by atoms with Crippen LogP contribution in [0.25, 0.3) is 33.4 Å². The Kier molecular flexibility index (Phi) is 9.77. The van der Waals surface area contributed by atoms with Crippen molar-refractivity contribution in [3.05, 3.63) is 271 Å². The number of hydrogen-bond acceptors (Lipinski definition) is 2. The van der Waals surface area contributed by atoms with Gasteiger partial charge in [-0.3, -0.25) is 0 Å². The quantitative estimate of drug-likeness (QED) is 0.152. The lowest BCUT2D eigenvalue weighted by Crippen LogP contribution is -2.39. The van der Waals surface area contributed by atoms with Crippen LogP contribution in [0, 0.1) is 0 Å². The summed E-state index contributed by atoms with van der Waals surface area (Å²) >= 11 is 12.4. The van der Waals surface area contributed by atoms with Crippen molar-refractivity contribution >= 4 is 72.1 Å². The minimum atomic E-state index is -0.712. The molecule has 2 heterocycles. The maximum absolute atomic E-state index is 3.97. The molecular formula is C57H39Br2PS2. The van der Waals surface area contributed by atoms with Crippen molar-refractivity contribution in [1.82, 2.24) is 0 Å². The van der Waals surface area contributed by atoms with E-state index >= 15 is 0 Å². The van der Waals surface area contributed by atoms with E-state index in [1.54, 1.807) is 5.57 Å². The zero-order valence-electron chi connectivity index (χ0n) is 33.6. The van der Waals surface area contributed by atoms with Crippen LogP contribution < -0.4 is 0 Å². The minimum Gasteiger partial charge on any atom is -0.106 e. The van der Waals surface area contributed by atoms with Crippen molar-refractivity contribution in [3.63, 3.8) is 0 Å². The van der Waals surface area contributed by atoms with E-state index in [-0.39, 0.29) is 11.8 Å². The molecule has 0 saturated carbocycles. The summed E-state index contributed by atoms with van der Waals surface area (Å²) in [6.07, 6.45) is 3.10. The number of allylic oxidation sites excluding steroid dienone is 2. The van der Waals surface area contributed by atoms with Gasteiger partial charge in [-0.25, -0.2) is 0 Å². The molecule has 8 aromatic rings. The molecular weight excluding hydrogens is 940 g/mol. The van der Waals surface area contributed by atoms with Crippen molar-refractivity contribution in [2.24, 2.45) is 0 Å². The fourth-order valence-corrected chi connectivity index (χ4v) is 22.1. The van der Waals surface area contributed by atoms with Gasteiger partial charge in [0.2, 0.25) is 0 Å². The zero-order chi connectivity index (χ0) is 41.4. The van der Waals surface area contributed by atoms with Crippen molar-refractivity contribution in [3.8, 4) is 22.3 Å². The number of hydrogen-bond donors (Lipinski definition) is 0. The molecule has 0 N–H and O–H groups in total. The molecule has 0 radical (unpaired) electrons. The Morgan fingerprint density at radius 2 is 1.05 bits per heavy atom. The molecule has 1 fully saturated rings. The first-order chi connectivity index (χ1) is 30.5. The van der Waals surface area contributed by atoms with E-state index in [0.29, 0.717) is 0 Å². The van der Waals surface area contributed by atoms with E-state index in [0.717, 1.165) is 15.1 Å². The lowest BCUT2D eigenvalue weighted by Gasteiger charge is -2.54. The third-order valence-corrected chi connectivity index (χ3v) is 22.2. The summed E-state index contributed by atoms with van der Waals surface area (Å²) in [6, 6.07) is 77.8. The molecule has 1 spiro atoms. The van der Waals surface area contributed by atoms with Gasteiger partial charge in [-0.2, -0.15) is 0 Å².